The average molecular weight is 446 g/mol. The van der Waals surface area contributed by atoms with Gasteiger partial charge in [-0.25, -0.2) is 0 Å². The summed E-state index contributed by atoms with van der Waals surface area (Å²) in [6.07, 6.45) is -1.22. The van der Waals surface area contributed by atoms with E-state index < -0.39 is 39.0 Å². The fourth-order valence-corrected chi connectivity index (χ4v) is 5.52. The van der Waals surface area contributed by atoms with Gasteiger partial charge in [-0.05, 0) is 43.8 Å². The molecule has 5 unspecified atom stereocenters. The van der Waals surface area contributed by atoms with Crippen LogP contribution in [-0.4, -0.2) is 81.0 Å². The maximum atomic E-state index is 12.8. The first-order chi connectivity index (χ1) is 14.0. The molecule has 0 aromatic heterocycles. The van der Waals surface area contributed by atoms with Crippen molar-refractivity contribution in [1.82, 2.24) is 5.32 Å². The number of nitrogens with one attached hydrogen (secondary N) is 1. The van der Waals surface area contributed by atoms with Gasteiger partial charge in [0, 0.05) is 25.2 Å². The molecule has 30 heavy (non-hydrogen) atoms. The van der Waals surface area contributed by atoms with Crippen LogP contribution in [0.25, 0.3) is 0 Å². The van der Waals surface area contributed by atoms with Gasteiger partial charge in [0.05, 0.1) is 6.61 Å². The quantitative estimate of drug-likeness (QED) is 0.551. The first-order valence-electron chi connectivity index (χ1n) is 11.2. The van der Waals surface area contributed by atoms with Crippen LogP contribution in [0.4, 0.5) is 0 Å². The highest BCUT2D eigenvalue weighted by molar-refractivity contribution is 6.74. The summed E-state index contributed by atoms with van der Waals surface area (Å²) in [4.78, 5) is 12.8. The lowest BCUT2D eigenvalue weighted by atomic mass is 9.98. The van der Waals surface area contributed by atoms with Gasteiger partial charge in [0.1, 0.15) is 24.4 Å². The minimum Gasteiger partial charge on any atom is -0.414 e. The Balaban J connectivity index is 1.52. The zero-order valence-electron chi connectivity index (χ0n) is 18.9. The second kappa shape index (κ2) is 9.52. The highest BCUT2D eigenvalue weighted by Crippen LogP contribution is 2.40. The molecule has 7 atom stereocenters. The van der Waals surface area contributed by atoms with Crippen molar-refractivity contribution in [2.75, 3.05) is 19.8 Å². The molecular weight excluding hydrogens is 406 g/mol. The topological polar surface area (TPSA) is 106 Å². The second-order valence-electron chi connectivity index (χ2n) is 10.3. The van der Waals surface area contributed by atoms with Crippen LogP contribution in [0.5, 0.6) is 0 Å². The van der Waals surface area contributed by atoms with E-state index in [0.29, 0.717) is 19.6 Å². The standard InChI is InChI=1S/C21H39NO7Si/c1-21(2,3)30(4,5)29-14-8-7-13(11-14)19(25)22-12-15-18-16(23)17(24)20(28-15)27-10-6-9-26-18/h13-18,20,23-24H,6-12H2,1-5H3,(H,22,25)/t13-,14-,15?,16?,17?,18?,20?/m0/s1. The fraction of sp³-hybridized carbons (Fsp3) is 0.952. The van der Waals surface area contributed by atoms with Crippen molar-refractivity contribution in [1.29, 1.82) is 0 Å². The van der Waals surface area contributed by atoms with Crippen molar-refractivity contribution in [2.45, 2.75) is 101 Å². The van der Waals surface area contributed by atoms with E-state index >= 15 is 0 Å². The monoisotopic (exact) mass is 445 g/mol. The SMILES string of the molecule is CC(C)(C)[Si](C)(C)O[C@H]1CC[C@H](C(=O)NCC2OC3OCCCOC2C(O)C3O)C1. The van der Waals surface area contributed by atoms with Gasteiger partial charge in [0.15, 0.2) is 14.6 Å². The summed E-state index contributed by atoms with van der Waals surface area (Å²) < 4.78 is 23.5. The number of aliphatic hydroxyl groups excluding tert-OH is 2. The molecule has 3 N–H and O–H groups in total. The number of hydrogen-bond donors (Lipinski definition) is 3. The maximum Gasteiger partial charge on any atom is 0.223 e. The summed E-state index contributed by atoms with van der Waals surface area (Å²) in [5, 5.41) is 23.7. The molecule has 2 bridgehead atoms. The molecule has 3 aliphatic heterocycles. The highest BCUT2D eigenvalue weighted by Gasteiger charge is 2.47. The molecule has 0 aromatic carbocycles. The number of hydrogen-bond acceptors (Lipinski definition) is 7. The summed E-state index contributed by atoms with van der Waals surface area (Å²) in [5.74, 6) is -0.104. The van der Waals surface area contributed by atoms with Gasteiger partial charge in [-0.2, -0.15) is 0 Å². The number of amides is 1. The average Bonchev–Trinajstić information content (AvgIpc) is 3.15. The van der Waals surface area contributed by atoms with Crippen LogP contribution < -0.4 is 5.32 Å². The van der Waals surface area contributed by atoms with Crippen LogP contribution in [0.15, 0.2) is 0 Å². The summed E-state index contributed by atoms with van der Waals surface area (Å²) in [5.41, 5.74) is 0. The van der Waals surface area contributed by atoms with Crippen molar-refractivity contribution in [3.63, 3.8) is 0 Å². The Morgan fingerprint density at radius 1 is 1.13 bits per heavy atom. The number of carbonyl (C=O) groups excluding carboxylic acids is 1. The number of fused-ring (bicyclic) bond motifs is 6. The van der Waals surface area contributed by atoms with E-state index in [1.165, 1.54) is 0 Å². The van der Waals surface area contributed by atoms with Crippen molar-refractivity contribution in [3.8, 4) is 0 Å². The minimum absolute atomic E-state index is 0.0216. The largest absolute Gasteiger partial charge is 0.414 e. The van der Waals surface area contributed by atoms with Crippen LogP contribution in [0, 0.1) is 5.92 Å². The summed E-state index contributed by atoms with van der Waals surface area (Å²) in [6.45, 7) is 12.2. The lowest BCUT2D eigenvalue weighted by Crippen LogP contribution is -2.61. The summed E-state index contributed by atoms with van der Waals surface area (Å²) >= 11 is 0. The summed E-state index contributed by atoms with van der Waals surface area (Å²) in [7, 11) is -1.85. The molecule has 4 rings (SSSR count). The molecule has 3 heterocycles. The second-order valence-corrected chi connectivity index (χ2v) is 15.1. The Morgan fingerprint density at radius 3 is 2.53 bits per heavy atom. The Bertz CT molecular complexity index is 594. The zero-order valence-corrected chi connectivity index (χ0v) is 19.9. The third kappa shape index (κ3) is 5.43. The van der Waals surface area contributed by atoms with Gasteiger partial charge in [-0.1, -0.05) is 20.8 Å². The minimum atomic E-state index is -1.85. The molecule has 1 saturated carbocycles. The molecule has 0 aromatic rings. The van der Waals surface area contributed by atoms with Gasteiger partial charge in [-0.3, -0.25) is 4.79 Å². The third-order valence-corrected chi connectivity index (χ3v) is 11.6. The smallest absolute Gasteiger partial charge is 0.223 e. The molecule has 3 saturated heterocycles. The molecular formula is C21H39NO7Si. The van der Waals surface area contributed by atoms with E-state index in [0.717, 1.165) is 19.3 Å². The number of ether oxygens (including phenoxy) is 3. The lowest BCUT2D eigenvalue weighted by Gasteiger charge is -2.41. The van der Waals surface area contributed by atoms with Crippen LogP contribution >= 0.6 is 0 Å². The molecule has 174 valence electrons. The van der Waals surface area contributed by atoms with Gasteiger partial charge in [0.2, 0.25) is 5.91 Å². The van der Waals surface area contributed by atoms with Crippen molar-refractivity contribution >= 4 is 14.2 Å². The molecule has 1 aliphatic carbocycles. The normalized spacial score (nSPS) is 38.0. The number of aliphatic hydroxyl groups is 2. The van der Waals surface area contributed by atoms with E-state index in [1.54, 1.807) is 0 Å². The molecule has 8 nitrogen and oxygen atoms in total. The molecule has 4 fully saturated rings. The van der Waals surface area contributed by atoms with E-state index in [2.05, 4.69) is 39.2 Å². The van der Waals surface area contributed by atoms with Gasteiger partial charge < -0.3 is 34.2 Å². The van der Waals surface area contributed by atoms with Gasteiger partial charge in [0.25, 0.3) is 0 Å². The number of carbonyl (C=O) groups is 1. The molecule has 0 spiro atoms. The van der Waals surface area contributed by atoms with Crippen LogP contribution in [-0.2, 0) is 23.4 Å². The van der Waals surface area contributed by atoms with E-state index in [-0.39, 0.29) is 29.5 Å². The predicted octanol–water partition coefficient (Wildman–Crippen LogP) is 1.55. The maximum absolute atomic E-state index is 12.8. The zero-order chi connectivity index (χ0) is 22.1. The molecule has 9 heteroatoms. The highest BCUT2D eigenvalue weighted by atomic mass is 28.4. The molecule has 1 amide bonds. The lowest BCUT2D eigenvalue weighted by molar-refractivity contribution is -0.292. The number of rotatable bonds is 5. The predicted molar refractivity (Wildman–Crippen MR) is 113 cm³/mol. The van der Waals surface area contributed by atoms with Crippen LogP contribution in [0.3, 0.4) is 0 Å². The third-order valence-electron chi connectivity index (χ3n) is 7.02. The molecule has 0 radical (unpaired) electrons. The Labute approximate surface area is 180 Å². The van der Waals surface area contributed by atoms with Crippen molar-refractivity contribution in [3.05, 3.63) is 0 Å². The fourth-order valence-electron chi connectivity index (χ4n) is 4.12. The Morgan fingerprint density at radius 2 is 1.83 bits per heavy atom. The Hall–Kier alpha value is -0.553. The van der Waals surface area contributed by atoms with Gasteiger partial charge >= 0.3 is 0 Å². The first kappa shape index (κ1) is 24.1. The van der Waals surface area contributed by atoms with E-state index in [4.69, 9.17) is 18.6 Å². The van der Waals surface area contributed by atoms with Crippen molar-refractivity contribution in [2.24, 2.45) is 5.92 Å². The van der Waals surface area contributed by atoms with E-state index in [9.17, 15) is 15.0 Å². The van der Waals surface area contributed by atoms with Gasteiger partial charge in [-0.15, -0.1) is 0 Å². The van der Waals surface area contributed by atoms with Crippen LogP contribution in [0.2, 0.25) is 18.1 Å². The molecule has 4 aliphatic rings. The summed E-state index contributed by atoms with van der Waals surface area (Å²) in [6, 6.07) is 0. The Kier molecular flexibility index (Phi) is 7.65. The van der Waals surface area contributed by atoms with Crippen molar-refractivity contribution < 1.29 is 33.6 Å². The van der Waals surface area contributed by atoms with Crippen LogP contribution in [0.1, 0.15) is 46.5 Å². The first-order valence-corrected chi connectivity index (χ1v) is 14.1. The van der Waals surface area contributed by atoms with E-state index in [1.807, 2.05) is 0 Å².